The lowest BCUT2D eigenvalue weighted by Gasteiger charge is -2.39. The zero-order valence-corrected chi connectivity index (χ0v) is 17.9. The predicted molar refractivity (Wildman–Crippen MR) is 117 cm³/mol. The summed E-state index contributed by atoms with van der Waals surface area (Å²) >= 11 is 3.38. The lowest BCUT2D eigenvalue weighted by Crippen LogP contribution is -2.58. The first-order valence-electron chi connectivity index (χ1n) is 9.38. The summed E-state index contributed by atoms with van der Waals surface area (Å²) in [5.74, 6) is 0.0485. The van der Waals surface area contributed by atoms with Gasteiger partial charge in [-0.15, -0.1) is 0 Å². The van der Waals surface area contributed by atoms with Crippen LogP contribution in [0.15, 0.2) is 53.7 Å². The number of nitrogens with zero attached hydrogens (tertiary/aromatic N) is 3. The monoisotopic (exact) mass is 469 g/mol. The molecule has 2 N–H and O–H groups in total. The van der Waals surface area contributed by atoms with Gasteiger partial charge in [-0.2, -0.15) is 0 Å². The number of hydrogen-bond acceptors (Lipinski definition) is 5. The molecule has 0 saturated carbocycles. The van der Waals surface area contributed by atoms with E-state index in [2.05, 4.69) is 38.1 Å². The molecule has 3 amide bonds. The van der Waals surface area contributed by atoms with Crippen molar-refractivity contribution in [2.75, 3.05) is 35.7 Å². The third-order valence-corrected chi connectivity index (χ3v) is 5.84. The van der Waals surface area contributed by atoms with Gasteiger partial charge in [-0.3, -0.25) is 14.4 Å². The van der Waals surface area contributed by atoms with E-state index in [1.165, 1.54) is 6.08 Å². The minimum absolute atomic E-state index is 0.0901. The van der Waals surface area contributed by atoms with Crippen LogP contribution in [-0.2, 0) is 9.59 Å². The second-order valence-electron chi connectivity index (χ2n) is 7.34. The maximum absolute atomic E-state index is 13.1. The third-order valence-electron chi connectivity index (χ3n) is 5.41. The molecule has 2 aromatic rings. The zero-order chi connectivity index (χ0) is 21.5. The fourth-order valence-electron chi connectivity index (χ4n) is 3.82. The van der Waals surface area contributed by atoms with Crippen LogP contribution >= 0.6 is 15.9 Å². The molecule has 1 aromatic carbocycles. The lowest BCUT2D eigenvalue weighted by molar-refractivity contribution is -0.122. The standard InChI is InChI=1S/C21H20BrN5O3/c1-3-17(28)24-15-6-4-13(5-7-15)19(29)27-9-8-21(12-27)20(30)26(2)16-10-14(22)11-23-18(16)25-21/h3-7,10-11H,1,8-9,12H2,2H3,(H,23,25)(H,24,28). The number of amides is 3. The van der Waals surface area contributed by atoms with Crippen LogP contribution in [0.1, 0.15) is 16.8 Å². The van der Waals surface area contributed by atoms with E-state index in [0.29, 0.717) is 35.7 Å². The van der Waals surface area contributed by atoms with Crippen molar-refractivity contribution in [3.05, 3.63) is 59.2 Å². The van der Waals surface area contributed by atoms with Crippen molar-refractivity contribution in [1.82, 2.24) is 9.88 Å². The first kappa shape index (κ1) is 20.1. The molecular weight excluding hydrogens is 450 g/mol. The summed E-state index contributed by atoms with van der Waals surface area (Å²) in [6, 6.07) is 8.47. The Kier molecular flexibility index (Phi) is 5.07. The Morgan fingerprint density at radius 3 is 2.77 bits per heavy atom. The molecule has 0 bridgehead atoms. The summed E-state index contributed by atoms with van der Waals surface area (Å²) in [5, 5.41) is 5.92. The number of aromatic nitrogens is 1. The van der Waals surface area contributed by atoms with E-state index >= 15 is 0 Å². The molecule has 0 radical (unpaired) electrons. The van der Waals surface area contributed by atoms with Crippen molar-refractivity contribution in [3.8, 4) is 0 Å². The van der Waals surface area contributed by atoms with Gasteiger partial charge in [0, 0.05) is 35.5 Å². The molecule has 1 atom stereocenters. The minimum Gasteiger partial charge on any atom is -0.353 e. The van der Waals surface area contributed by atoms with Crippen LogP contribution in [0.25, 0.3) is 0 Å². The topological polar surface area (TPSA) is 94.6 Å². The maximum atomic E-state index is 13.1. The number of halogens is 1. The Hall–Kier alpha value is -3.20. The van der Waals surface area contributed by atoms with Gasteiger partial charge in [-0.05, 0) is 58.8 Å². The summed E-state index contributed by atoms with van der Waals surface area (Å²) in [6.45, 7) is 4.11. The number of rotatable bonds is 3. The van der Waals surface area contributed by atoms with Crippen LogP contribution in [-0.4, -0.2) is 53.3 Å². The molecular formula is C21H20BrN5O3. The molecule has 1 saturated heterocycles. The third kappa shape index (κ3) is 3.45. The van der Waals surface area contributed by atoms with Gasteiger partial charge in [0.2, 0.25) is 5.91 Å². The van der Waals surface area contributed by atoms with E-state index in [0.717, 1.165) is 4.47 Å². The minimum atomic E-state index is -0.893. The quantitative estimate of drug-likeness (QED) is 0.673. The predicted octanol–water partition coefficient (Wildman–Crippen LogP) is 2.64. The zero-order valence-electron chi connectivity index (χ0n) is 16.3. The molecule has 154 valence electrons. The Balaban J connectivity index is 1.52. The van der Waals surface area contributed by atoms with Gasteiger partial charge in [-0.1, -0.05) is 6.58 Å². The van der Waals surface area contributed by atoms with Crippen molar-refractivity contribution >= 4 is 50.8 Å². The SMILES string of the molecule is C=CC(=O)Nc1ccc(C(=O)N2CCC3(C2)Nc2ncc(Br)cc2N(C)C3=O)cc1. The molecule has 3 heterocycles. The molecule has 2 aliphatic heterocycles. The van der Waals surface area contributed by atoms with Crippen molar-refractivity contribution in [2.24, 2.45) is 0 Å². The van der Waals surface area contributed by atoms with E-state index in [9.17, 15) is 14.4 Å². The molecule has 30 heavy (non-hydrogen) atoms. The molecule has 4 rings (SSSR count). The van der Waals surface area contributed by atoms with Crippen molar-refractivity contribution in [3.63, 3.8) is 0 Å². The maximum Gasteiger partial charge on any atom is 0.254 e. The van der Waals surface area contributed by atoms with Crippen LogP contribution in [0.5, 0.6) is 0 Å². The lowest BCUT2D eigenvalue weighted by atomic mass is 9.94. The van der Waals surface area contributed by atoms with Crippen molar-refractivity contribution in [1.29, 1.82) is 0 Å². The van der Waals surface area contributed by atoms with E-state index < -0.39 is 5.54 Å². The van der Waals surface area contributed by atoms with Gasteiger partial charge in [0.1, 0.15) is 5.54 Å². The highest BCUT2D eigenvalue weighted by atomic mass is 79.9. The molecule has 1 unspecified atom stereocenters. The summed E-state index contributed by atoms with van der Waals surface area (Å²) in [4.78, 5) is 45.2. The molecule has 0 aliphatic carbocycles. The average Bonchev–Trinajstić information content (AvgIpc) is 3.18. The first-order chi connectivity index (χ1) is 14.3. The summed E-state index contributed by atoms with van der Waals surface area (Å²) in [6.07, 6.45) is 3.35. The highest BCUT2D eigenvalue weighted by molar-refractivity contribution is 9.10. The van der Waals surface area contributed by atoms with E-state index in [1.54, 1.807) is 47.3 Å². The number of likely N-dealkylation sites (tertiary alicyclic amines) is 1. The van der Waals surface area contributed by atoms with Gasteiger partial charge in [-0.25, -0.2) is 4.98 Å². The molecule has 8 nitrogen and oxygen atoms in total. The number of benzene rings is 1. The van der Waals surface area contributed by atoms with E-state index in [-0.39, 0.29) is 24.3 Å². The number of pyridine rings is 1. The van der Waals surface area contributed by atoms with Gasteiger partial charge in [0.15, 0.2) is 5.82 Å². The Labute approximate surface area is 182 Å². The number of anilines is 3. The van der Waals surface area contributed by atoms with Gasteiger partial charge >= 0.3 is 0 Å². The van der Waals surface area contributed by atoms with E-state index in [1.807, 2.05) is 6.07 Å². The van der Waals surface area contributed by atoms with Crippen LogP contribution in [0.2, 0.25) is 0 Å². The van der Waals surface area contributed by atoms with Gasteiger partial charge in [0.05, 0.1) is 12.2 Å². The second-order valence-corrected chi connectivity index (χ2v) is 8.26. The fourth-order valence-corrected chi connectivity index (χ4v) is 4.14. The molecule has 1 aromatic heterocycles. The second kappa shape index (κ2) is 7.56. The Bertz CT molecular complexity index is 1060. The first-order valence-corrected chi connectivity index (χ1v) is 10.2. The van der Waals surface area contributed by atoms with Crippen LogP contribution in [0.4, 0.5) is 17.2 Å². The normalized spacial score (nSPS) is 20.0. The molecule has 2 aliphatic rings. The van der Waals surface area contributed by atoms with Crippen LogP contribution in [0, 0.1) is 0 Å². The largest absolute Gasteiger partial charge is 0.353 e. The average molecular weight is 470 g/mol. The highest BCUT2D eigenvalue weighted by Gasteiger charge is 2.51. The van der Waals surface area contributed by atoms with Gasteiger partial charge in [0.25, 0.3) is 11.8 Å². The molecule has 9 heteroatoms. The smallest absolute Gasteiger partial charge is 0.254 e. The van der Waals surface area contributed by atoms with Crippen LogP contribution < -0.4 is 15.5 Å². The number of carbonyl (C=O) groups is 3. The van der Waals surface area contributed by atoms with Crippen molar-refractivity contribution in [2.45, 2.75) is 12.0 Å². The number of nitrogens with one attached hydrogen (secondary N) is 2. The highest BCUT2D eigenvalue weighted by Crippen LogP contribution is 2.39. The summed E-state index contributed by atoms with van der Waals surface area (Å²) < 4.78 is 0.787. The Morgan fingerprint density at radius 1 is 1.33 bits per heavy atom. The summed E-state index contributed by atoms with van der Waals surface area (Å²) in [5.41, 5.74) is 0.870. The van der Waals surface area contributed by atoms with Crippen LogP contribution in [0.3, 0.4) is 0 Å². The van der Waals surface area contributed by atoms with Crippen molar-refractivity contribution < 1.29 is 14.4 Å². The fraction of sp³-hybridized carbons (Fsp3) is 0.238. The van der Waals surface area contributed by atoms with Gasteiger partial charge < -0.3 is 20.4 Å². The molecule has 1 fully saturated rings. The number of likely N-dealkylation sites (N-methyl/N-ethyl adjacent to an activating group) is 1. The number of fused-ring (bicyclic) bond motifs is 1. The molecule has 1 spiro atoms. The Morgan fingerprint density at radius 2 is 2.07 bits per heavy atom. The number of hydrogen-bond donors (Lipinski definition) is 2. The number of carbonyl (C=O) groups excluding carboxylic acids is 3. The van der Waals surface area contributed by atoms with E-state index in [4.69, 9.17) is 0 Å². The summed E-state index contributed by atoms with van der Waals surface area (Å²) in [7, 11) is 1.72.